The number of pyridine rings is 1. The Morgan fingerprint density at radius 1 is 1.00 bits per heavy atom. The van der Waals surface area contributed by atoms with Crippen molar-refractivity contribution in [1.29, 1.82) is 0 Å². The third-order valence-electron chi connectivity index (χ3n) is 3.51. The topological polar surface area (TPSA) is 43.4 Å². The van der Waals surface area contributed by atoms with Crippen molar-refractivity contribution in [2.75, 3.05) is 19.0 Å². The first-order valence-electron chi connectivity index (χ1n) is 7.45. The molecule has 4 nitrogen and oxygen atoms in total. The van der Waals surface area contributed by atoms with Crippen LogP contribution in [-0.4, -0.2) is 24.9 Å². The van der Waals surface area contributed by atoms with E-state index in [1.807, 2.05) is 18.2 Å². The molecule has 1 N–H and O–H groups in total. The predicted molar refractivity (Wildman–Crippen MR) is 89.6 cm³/mol. The smallest absolute Gasteiger partial charge is 0.422 e. The summed E-state index contributed by atoms with van der Waals surface area (Å²) >= 11 is 0. The summed E-state index contributed by atoms with van der Waals surface area (Å²) in [6, 6.07) is 14.3. The molecule has 2 aromatic carbocycles. The average molecular weight is 348 g/mol. The van der Waals surface area contributed by atoms with Gasteiger partial charge >= 0.3 is 6.18 Å². The van der Waals surface area contributed by atoms with Crippen LogP contribution in [0.2, 0.25) is 0 Å². The van der Waals surface area contributed by atoms with Gasteiger partial charge in [-0.15, -0.1) is 0 Å². The Morgan fingerprint density at radius 2 is 1.76 bits per heavy atom. The van der Waals surface area contributed by atoms with E-state index in [1.165, 1.54) is 6.20 Å². The van der Waals surface area contributed by atoms with E-state index in [-0.39, 0.29) is 5.88 Å². The number of nitrogens with one attached hydrogen (secondary N) is 1. The lowest BCUT2D eigenvalue weighted by Gasteiger charge is -2.15. The third-order valence-corrected chi connectivity index (χ3v) is 3.51. The highest BCUT2D eigenvalue weighted by Gasteiger charge is 2.29. The second kappa shape index (κ2) is 6.88. The molecule has 1 heterocycles. The molecule has 0 amide bonds. The zero-order valence-corrected chi connectivity index (χ0v) is 13.3. The van der Waals surface area contributed by atoms with Gasteiger partial charge in [-0.3, -0.25) is 0 Å². The number of hydrogen-bond donors (Lipinski definition) is 1. The summed E-state index contributed by atoms with van der Waals surface area (Å²) in [6.07, 6.45) is -3.02. The highest BCUT2D eigenvalue weighted by atomic mass is 19.4. The molecule has 1 aromatic heterocycles. The van der Waals surface area contributed by atoms with Crippen molar-refractivity contribution in [3.05, 3.63) is 54.7 Å². The van der Waals surface area contributed by atoms with Crippen molar-refractivity contribution in [2.24, 2.45) is 0 Å². The fraction of sp³-hybridized carbons (Fsp3) is 0.167. The Kier molecular flexibility index (Phi) is 4.65. The number of aromatic nitrogens is 1. The van der Waals surface area contributed by atoms with E-state index in [4.69, 9.17) is 9.47 Å². The van der Waals surface area contributed by atoms with Crippen LogP contribution in [0.4, 0.5) is 24.5 Å². The van der Waals surface area contributed by atoms with Gasteiger partial charge in [0.2, 0.25) is 5.88 Å². The molecular weight excluding hydrogens is 333 g/mol. The molecule has 0 fully saturated rings. The second-order valence-electron chi connectivity index (χ2n) is 5.25. The van der Waals surface area contributed by atoms with E-state index in [1.54, 1.807) is 37.4 Å². The zero-order valence-electron chi connectivity index (χ0n) is 13.3. The lowest BCUT2D eigenvalue weighted by atomic mass is 10.1. The SMILES string of the molecule is COc1ccccc1Nc1cccc2ccnc(OCC(F)(F)F)c12. The second-order valence-corrected chi connectivity index (χ2v) is 5.25. The maximum absolute atomic E-state index is 12.5. The Balaban J connectivity index is 2.03. The summed E-state index contributed by atoms with van der Waals surface area (Å²) in [5.41, 5.74) is 1.26. The first-order valence-corrected chi connectivity index (χ1v) is 7.45. The number of fused-ring (bicyclic) bond motifs is 1. The van der Waals surface area contributed by atoms with Crippen LogP contribution >= 0.6 is 0 Å². The number of rotatable bonds is 5. The van der Waals surface area contributed by atoms with Gasteiger partial charge in [-0.25, -0.2) is 4.98 Å². The van der Waals surface area contributed by atoms with Crippen molar-refractivity contribution in [2.45, 2.75) is 6.18 Å². The monoisotopic (exact) mass is 348 g/mol. The highest BCUT2D eigenvalue weighted by molar-refractivity contribution is 5.99. The lowest BCUT2D eigenvalue weighted by Crippen LogP contribution is -2.19. The number of alkyl halides is 3. The van der Waals surface area contributed by atoms with Crippen molar-refractivity contribution >= 4 is 22.1 Å². The summed E-state index contributed by atoms with van der Waals surface area (Å²) in [4.78, 5) is 3.96. The number of nitrogens with zero attached hydrogens (tertiary/aromatic N) is 1. The summed E-state index contributed by atoms with van der Waals surface area (Å²) in [7, 11) is 1.54. The van der Waals surface area contributed by atoms with Gasteiger partial charge < -0.3 is 14.8 Å². The van der Waals surface area contributed by atoms with Crippen LogP contribution in [0.25, 0.3) is 10.8 Å². The average Bonchev–Trinajstić information content (AvgIpc) is 2.60. The van der Waals surface area contributed by atoms with Gasteiger partial charge in [0, 0.05) is 6.20 Å². The minimum absolute atomic E-state index is 0.0761. The van der Waals surface area contributed by atoms with Gasteiger partial charge in [0.1, 0.15) is 5.75 Å². The number of hydrogen-bond acceptors (Lipinski definition) is 4. The van der Waals surface area contributed by atoms with Gasteiger partial charge in [-0.05, 0) is 29.7 Å². The molecule has 0 saturated carbocycles. The molecular formula is C18H15F3N2O2. The fourth-order valence-corrected chi connectivity index (χ4v) is 2.45. The quantitative estimate of drug-likeness (QED) is 0.710. The van der Waals surface area contributed by atoms with Crippen LogP contribution in [0.5, 0.6) is 11.6 Å². The van der Waals surface area contributed by atoms with E-state index >= 15 is 0 Å². The number of para-hydroxylation sites is 2. The van der Waals surface area contributed by atoms with Gasteiger partial charge in [0.15, 0.2) is 6.61 Å². The highest BCUT2D eigenvalue weighted by Crippen LogP contribution is 2.35. The van der Waals surface area contributed by atoms with Crippen molar-refractivity contribution < 1.29 is 22.6 Å². The Labute approximate surface area is 142 Å². The van der Waals surface area contributed by atoms with E-state index < -0.39 is 12.8 Å². The van der Waals surface area contributed by atoms with Crippen LogP contribution in [0.15, 0.2) is 54.7 Å². The number of methoxy groups -OCH3 is 1. The largest absolute Gasteiger partial charge is 0.495 e. The molecule has 3 rings (SSSR count). The predicted octanol–water partition coefficient (Wildman–Crippen LogP) is 4.93. The van der Waals surface area contributed by atoms with Gasteiger partial charge in [0.25, 0.3) is 0 Å². The molecule has 0 unspecified atom stereocenters. The standard InChI is InChI=1S/C18H15F3N2O2/c1-24-15-8-3-2-6-13(15)23-14-7-4-5-12-9-10-22-17(16(12)14)25-11-18(19,20)21/h2-10,23H,11H2,1H3. The fourth-order valence-electron chi connectivity index (χ4n) is 2.45. The van der Waals surface area contributed by atoms with Crippen molar-refractivity contribution in [3.8, 4) is 11.6 Å². The van der Waals surface area contributed by atoms with Crippen LogP contribution in [0.3, 0.4) is 0 Å². The number of halogens is 3. The number of anilines is 2. The number of benzene rings is 2. The third kappa shape index (κ3) is 3.93. The minimum Gasteiger partial charge on any atom is -0.495 e. The molecule has 3 aromatic rings. The minimum atomic E-state index is -4.44. The molecule has 0 bridgehead atoms. The summed E-state index contributed by atoms with van der Waals surface area (Å²) in [5, 5.41) is 4.36. The molecule has 130 valence electrons. The normalized spacial score (nSPS) is 11.4. The van der Waals surface area contributed by atoms with Crippen LogP contribution in [0, 0.1) is 0 Å². The maximum atomic E-state index is 12.5. The Bertz CT molecular complexity index is 876. The first kappa shape index (κ1) is 16.9. The summed E-state index contributed by atoms with van der Waals surface area (Å²) in [5.74, 6) is 0.536. The van der Waals surface area contributed by atoms with Crippen LogP contribution in [-0.2, 0) is 0 Å². The summed E-state index contributed by atoms with van der Waals surface area (Å²) in [6.45, 7) is -1.40. The van der Waals surface area contributed by atoms with E-state index in [0.29, 0.717) is 27.9 Å². The molecule has 25 heavy (non-hydrogen) atoms. The maximum Gasteiger partial charge on any atom is 0.422 e. The molecule has 0 atom stereocenters. The van der Waals surface area contributed by atoms with Crippen molar-refractivity contribution in [3.63, 3.8) is 0 Å². The first-order chi connectivity index (χ1) is 12.0. The van der Waals surface area contributed by atoms with E-state index in [9.17, 15) is 13.2 Å². The number of ether oxygens (including phenoxy) is 2. The molecule has 0 aliphatic carbocycles. The molecule has 0 spiro atoms. The van der Waals surface area contributed by atoms with Crippen molar-refractivity contribution in [1.82, 2.24) is 4.98 Å². The lowest BCUT2D eigenvalue weighted by molar-refractivity contribution is -0.153. The molecule has 0 radical (unpaired) electrons. The Hall–Kier alpha value is -2.96. The zero-order chi connectivity index (χ0) is 17.9. The van der Waals surface area contributed by atoms with Gasteiger partial charge in [-0.1, -0.05) is 24.3 Å². The molecule has 0 saturated heterocycles. The molecule has 7 heteroatoms. The van der Waals surface area contributed by atoms with Crippen LogP contribution in [0.1, 0.15) is 0 Å². The Morgan fingerprint density at radius 3 is 2.52 bits per heavy atom. The molecule has 0 aliphatic heterocycles. The van der Waals surface area contributed by atoms with Crippen LogP contribution < -0.4 is 14.8 Å². The van der Waals surface area contributed by atoms with Gasteiger partial charge in [-0.2, -0.15) is 13.2 Å². The van der Waals surface area contributed by atoms with E-state index in [2.05, 4.69) is 10.3 Å². The van der Waals surface area contributed by atoms with Gasteiger partial charge in [0.05, 0.1) is 23.9 Å². The van der Waals surface area contributed by atoms with E-state index in [0.717, 1.165) is 0 Å². The summed E-state index contributed by atoms with van der Waals surface area (Å²) < 4.78 is 47.7. The molecule has 0 aliphatic rings.